The topological polar surface area (TPSA) is 74.8 Å². The molecular weight excluding hydrogens is 356 g/mol. The van der Waals surface area contributed by atoms with Crippen molar-refractivity contribution in [2.75, 3.05) is 43.0 Å². The van der Waals surface area contributed by atoms with Crippen LogP contribution in [0.3, 0.4) is 0 Å². The van der Waals surface area contributed by atoms with E-state index in [0.717, 1.165) is 17.9 Å². The van der Waals surface area contributed by atoms with Gasteiger partial charge in [-0.15, -0.1) is 0 Å². The molecule has 3 rings (SSSR count). The standard InChI is InChI=1S/C21H26N4O3/c1-3-16-5-8-18(9-6-16)23-20(26)17-7-10-19(22-15-17)24-11-13-25(14-12-24)21(27)28-4-2/h5-10,15H,3-4,11-14H2,1-2H3,(H,23,26). The molecule has 28 heavy (non-hydrogen) atoms. The van der Waals surface area contributed by atoms with E-state index in [1.807, 2.05) is 30.3 Å². The maximum atomic E-state index is 12.4. The summed E-state index contributed by atoms with van der Waals surface area (Å²) in [4.78, 5) is 32.4. The zero-order valence-corrected chi connectivity index (χ0v) is 16.4. The van der Waals surface area contributed by atoms with E-state index in [4.69, 9.17) is 4.74 Å². The average Bonchev–Trinajstić information content (AvgIpc) is 2.74. The molecule has 1 aromatic heterocycles. The smallest absolute Gasteiger partial charge is 0.409 e. The number of nitrogens with one attached hydrogen (secondary N) is 1. The van der Waals surface area contributed by atoms with Crippen molar-refractivity contribution >= 4 is 23.5 Å². The fraction of sp³-hybridized carbons (Fsp3) is 0.381. The van der Waals surface area contributed by atoms with Gasteiger partial charge >= 0.3 is 6.09 Å². The van der Waals surface area contributed by atoms with Gasteiger partial charge in [-0.05, 0) is 43.2 Å². The van der Waals surface area contributed by atoms with Gasteiger partial charge in [-0.3, -0.25) is 4.79 Å². The number of amides is 2. The molecule has 1 aromatic carbocycles. The Hall–Kier alpha value is -3.09. The minimum atomic E-state index is -0.269. The van der Waals surface area contributed by atoms with Crippen molar-refractivity contribution < 1.29 is 14.3 Å². The van der Waals surface area contributed by atoms with Crippen LogP contribution in [0.5, 0.6) is 0 Å². The number of rotatable bonds is 5. The molecule has 2 heterocycles. The summed E-state index contributed by atoms with van der Waals surface area (Å²) in [6.07, 6.45) is 2.28. The highest BCUT2D eigenvalue weighted by Gasteiger charge is 2.22. The maximum Gasteiger partial charge on any atom is 0.409 e. The second-order valence-corrected chi connectivity index (χ2v) is 6.58. The van der Waals surface area contributed by atoms with E-state index in [1.165, 1.54) is 5.56 Å². The van der Waals surface area contributed by atoms with Crippen LogP contribution < -0.4 is 10.2 Å². The Morgan fingerprint density at radius 3 is 2.32 bits per heavy atom. The number of carbonyl (C=O) groups excluding carboxylic acids is 2. The SMILES string of the molecule is CCOC(=O)N1CCN(c2ccc(C(=O)Nc3ccc(CC)cc3)cn2)CC1. The number of hydrogen-bond acceptors (Lipinski definition) is 5. The molecule has 0 radical (unpaired) electrons. The zero-order chi connectivity index (χ0) is 19.9. The molecule has 1 N–H and O–H groups in total. The molecule has 2 aromatic rings. The Labute approximate surface area is 165 Å². The summed E-state index contributed by atoms with van der Waals surface area (Å²) in [6.45, 7) is 6.83. The molecule has 148 valence electrons. The summed E-state index contributed by atoms with van der Waals surface area (Å²) < 4.78 is 5.03. The number of ether oxygens (including phenoxy) is 1. The molecule has 1 aliphatic rings. The highest BCUT2D eigenvalue weighted by Crippen LogP contribution is 2.16. The molecular formula is C21H26N4O3. The van der Waals surface area contributed by atoms with Crippen LogP contribution in [0.25, 0.3) is 0 Å². The first-order chi connectivity index (χ1) is 13.6. The van der Waals surface area contributed by atoms with Crippen molar-refractivity contribution in [3.8, 4) is 0 Å². The highest BCUT2D eigenvalue weighted by molar-refractivity contribution is 6.04. The van der Waals surface area contributed by atoms with Crippen molar-refractivity contribution in [2.24, 2.45) is 0 Å². The van der Waals surface area contributed by atoms with Gasteiger partial charge in [0, 0.05) is 38.1 Å². The highest BCUT2D eigenvalue weighted by atomic mass is 16.6. The van der Waals surface area contributed by atoms with E-state index < -0.39 is 0 Å². The van der Waals surface area contributed by atoms with E-state index in [1.54, 1.807) is 24.1 Å². The van der Waals surface area contributed by atoms with Crippen LogP contribution in [0.1, 0.15) is 29.8 Å². The van der Waals surface area contributed by atoms with E-state index in [9.17, 15) is 9.59 Å². The van der Waals surface area contributed by atoms with E-state index in [0.29, 0.717) is 38.3 Å². The summed E-state index contributed by atoms with van der Waals surface area (Å²) in [7, 11) is 0. The molecule has 0 atom stereocenters. The van der Waals surface area contributed by atoms with Crippen molar-refractivity contribution in [1.82, 2.24) is 9.88 Å². The number of anilines is 2. The average molecular weight is 382 g/mol. The molecule has 1 aliphatic heterocycles. The molecule has 1 fully saturated rings. The molecule has 0 saturated carbocycles. The first kappa shape index (κ1) is 19.7. The van der Waals surface area contributed by atoms with E-state index in [-0.39, 0.29) is 12.0 Å². The van der Waals surface area contributed by atoms with Crippen molar-refractivity contribution in [3.63, 3.8) is 0 Å². The van der Waals surface area contributed by atoms with Crippen LogP contribution >= 0.6 is 0 Å². The zero-order valence-electron chi connectivity index (χ0n) is 16.4. The van der Waals surface area contributed by atoms with Gasteiger partial charge < -0.3 is 19.9 Å². The lowest BCUT2D eigenvalue weighted by molar-refractivity contribution is 0.102. The second-order valence-electron chi connectivity index (χ2n) is 6.58. The van der Waals surface area contributed by atoms with Crippen LogP contribution in [-0.2, 0) is 11.2 Å². The first-order valence-corrected chi connectivity index (χ1v) is 9.63. The Balaban J connectivity index is 1.56. The van der Waals surface area contributed by atoms with Crippen molar-refractivity contribution in [3.05, 3.63) is 53.7 Å². The predicted molar refractivity (Wildman–Crippen MR) is 109 cm³/mol. The third-order valence-electron chi connectivity index (χ3n) is 4.76. The number of aryl methyl sites for hydroxylation is 1. The van der Waals surface area contributed by atoms with Crippen molar-refractivity contribution in [2.45, 2.75) is 20.3 Å². The number of piperazine rings is 1. The van der Waals surface area contributed by atoms with Gasteiger partial charge in [0.25, 0.3) is 5.91 Å². The molecule has 2 amide bonds. The summed E-state index contributed by atoms with van der Waals surface area (Å²) in [5.74, 6) is 0.614. The van der Waals surface area contributed by atoms with Gasteiger partial charge in [-0.1, -0.05) is 19.1 Å². The van der Waals surface area contributed by atoms with E-state index >= 15 is 0 Å². The Morgan fingerprint density at radius 2 is 1.75 bits per heavy atom. The minimum Gasteiger partial charge on any atom is -0.450 e. The first-order valence-electron chi connectivity index (χ1n) is 9.63. The van der Waals surface area contributed by atoms with Gasteiger partial charge in [0.15, 0.2) is 0 Å². The normalized spacial score (nSPS) is 13.9. The largest absolute Gasteiger partial charge is 0.450 e. The van der Waals surface area contributed by atoms with E-state index in [2.05, 4.69) is 22.1 Å². The number of pyridine rings is 1. The summed E-state index contributed by atoms with van der Waals surface area (Å²) in [5.41, 5.74) is 2.50. The summed E-state index contributed by atoms with van der Waals surface area (Å²) >= 11 is 0. The Bertz CT molecular complexity index is 797. The summed E-state index contributed by atoms with van der Waals surface area (Å²) in [6, 6.07) is 11.4. The van der Waals surface area contributed by atoms with Gasteiger partial charge in [-0.2, -0.15) is 0 Å². The number of hydrogen-bond donors (Lipinski definition) is 1. The Morgan fingerprint density at radius 1 is 1.04 bits per heavy atom. The van der Waals surface area contributed by atoms with Crippen LogP contribution in [0.15, 0.2) is 42.6 Å². The fourth-order valence-electron chi connectivity index (χ4n) is 3.07. The second kappa shape index (κ2) is 9.21. The molecule has 1 saturated heterocycles. The fourth-order valence-corrected chi connectivity index (χ4v) is 3.07. The van der Waals surface area contributed by atoms with Gasteiger partial charge in [0.1, 0.15) is 5.82 Å². The van der Waals surface area contributed by atoms with Gasteiger partial charge in [0.2, 0.25) is 0 Å². The lowest BCUT2D eigenvalue weighted by Crippen LogP contribution is -2.49. The van der Waals surface area contributed by atoms with Crippen LogP contribution in [0.2, 0.25) is 0 Å². The number of benzene rings is 1. The maximum absolute atomic E-state index is 12.4. The number of aromatic nitrogens is 1. The minimum absolute atomic E-state index is 0.185. The molecule has 7 nitrogen and oxygen atoms in total. The molecule has 0 spiro atoms. The molecule has 0 unspecified atom stereocenters. The molecule has 0 aliphatic carbocycles. The molecule has 7 heteroatoms. The lowest BCUT2D eigenvalue weighted by atomic mass is 10.1. The van der Waals surface area contributed by atoms with Gasteiger partial charge in [0.05, 0.1) is 12.2 Å². The quantitative estimate of drug-likeness (QED) is 0.860. The van der Waals surface area contributed by atoms with Gasteiger partial charge in [-0.25, -0.2) is 9.78 Å². The van der Waals surface area contributed by atoms with Crippen LogP contribution in [0.4, 0.5) is 16.3 Å². The predicted octanol–water partition coefficient (Wildman–Crippen LogP) is 3.17. The third kappa shape index (κ3) is 4.79. The third-order valence-corrected chi connectivity index (χ3v) is 4.76. The summed E-state index contributed by atoms with van der Waals surface area (Å²) in [5, 5.41) is 2.89. The van der Waals surface area contributed by atoms with Crippen LogP contribution in [-0.4, -0.2) is 54.7 Å². The Kier molecular flexibility index (Phi) is 6.47. The monoisotopic (exact) mass is 382 g/mol. The van der Waals surface area contributed by atoms with Crippen molar-refractivity contribution in [1.29, 1.82) is 0 Å². The van der Waals surface area contributed by atoms with Crippen LogP contribution in [0, 0.1) is 0 Å². The molecule has 0 bridgehead atoms. The number of nitrogens with zero attached hydrogens (tertiary/aromatic N) is 3. The lowest BCUT2D eigenvalue weighted by Gasteiger charge is -2.34. The number of carbonyl (C=O) groups is 2.